The molecule has 0 bridgehead atoms. The van der Waals surface area contributed by atoms with E-state index in [0.717, 1.165) is 25.7 Å². The first kappa shape index (κ1) is 20.9. The minimum absolute atomic E-state index is 0.0838. The van der Waals surface area contributed by atoms with Gasteiger partial charge in [-0.15, -0.1) is 0 Å². The van der Waals surface area contributed by atoms with E-state index in [1.54, 1.807) is 24.3 Å². The molecule has 0 saturated heterocycles. The van der Waals surface area contributed by atoms with E-state index >= 15 is 0 Å². The summed E-state index contributed by atoms with van der Waals surface area (Å²) in [7, 11) is 0. The maximum atomic E-state index is 12.9. The van der Waals surface area contributed by atoms with Crippen LogP contribution in [0.25, 0.3) is 0 Å². The van der Waals surface area contributed by atoms with Crippen LogP contribution >= 0.6 is 0 Å². The average molecular weight is 387 g/mol. The number of carbonyl (C=O) groups is 2. The van der Waals surface area contributed by atoms with Crippen LogP contribution in [-0.4, -0.2) is 24.1 Å². The zero-order valence-electron chi connectivity index (χ0n) is 17.6. The molecule has 2 aliphatic carbocycles. The molecule has 0 radical (unpaired) electrons. The van der Waals surface area contributed by atoms with Crippen molar-refractivity contribution in [2.75, 3.05) is 0 Å². The fourth-order valence-electron chi connectivity index (χ4n) is 4.53. The molecule has 6 unspecified atom stereocenters. The third-order valence-corrected chi connectivity index (χ3v) is 6.65. The zero-order valence-corrected chi connectivity index (χ0v) is 17.6. The Morgan fingerprint density at radius 2 is 1.11 bits per heavy atom. The Morgan fingerprint density at radius 3 is 1.50 bits per heavy atom. The van der Waals surface area contributed by atoms with Crippen molar-refractivity contribution in [1.29, 1.82) is 0 Å². The lowest BCUT2D eigenvalue weighted by Gasteiger charge is -2.33. The summed E-state index contributed by atoms with van der Waals surface area (Å²) >= 11 is 0. The summed E-state index contributed by atoms with van der Waals surface area (Å²) in [6.45, 7) is 8.67. The predicted octanol–water partition coefficient (Wildman–Crippen LogP) is 5.65. The van der Waals surface area contributed by atoms with Gasteiger partial charge in [-0.2, -0.15) is 0 Å². The number of benzene rings is 1. The van der Waals surface area contributed by atoms with Gasteiger partial charge in [0.2, 0.25) is 0 Å². The maximum absolute atomic E-state index is 12.9. The Labute approximate surface area is 169 Å². The lowest BCUT2D eigenvalue weighted by atomic mass is 9.81. The third kappa shape index (κ3) is 4.95. The molecule has 0 heterocycles. The number of rotatable bonds is 4. The molecule has 0 spiro atoms. The van der Waals surface area contributed by atoms with Gasteiger partial charge in [0.15, 0.2) is 0 Å². The van der Waals surface area contributed by atoms with Crippen LogP contribution in [0, 0.1) is 23.7 Å². The van der Waals surface area contributed by atoms with Gasteiger partial charge in [-0.3, -0.25) is 0 Å². The van der Waals surface area contributed by atoms with Crippen LogP contribution in [-0.2, 0) is 9.47 Å². The van der Waals surface area contributed by atoms with Gasteiger partial charge in [0, 0.05) is 0 Å². The molecule has 0 aromatic heterocycles. The smallest absolute Gasteiger partial charge is 0.339 e. The quantitative estimate of drug-likeness (QED) is 0.628. The van der Waals surface area contributed by atoms with Gasteiger partial charge in [-0.05, 0) is 61.5 Å². The Bertz CT molecular complexity index is 639. The summed E-state index contributed by atoms with van der Waals surface area (Å²) in [5.41, 5.74) is 0.629. The van der Waals surface area contributed by atoms with Crippen molar-refractivity contribution in [3.8, 4) is 0 Å². The molecule has 1 aromatic carbocycles. The average Bonchev–Trinajstić information content (AvgIpc) is 2.67. The van der Waals surface area contributed by atoms with Crippen molar-refractivity contribution in [2.24, 2.45) is 23.7 Å². The Kier molecular flexibility index (Phi) is 6.79. The van der Waals surface area contributed by atoms with Crippen molar-refractivity contribution in [3.05, 3.63) is 35.4 Å². The molecule has 2 aliphatic rings. The summed E-state index contributed by atoms with van der Waals surface area (Å²) in [5.74, 6) is 0.993. The summed E-state index contributed by atoms with van der Waals surface area (Å²) in [5, 5.41) is 0. The lowest BCUT2D eigenvalue weighted by molar-refractivity contribution is -0.00714. The minimum atomic E-state index is -0.413. The van der Waals surface area contributed by atoms with Crippen molar-refractivity contribution in [1.82, 2.24) is 0 Å². The van der Waals surface area contributed by atoms with Crippen LogP contribution in [0.2, 0.25) is 0 Å². The van der Waals surface area contributed by atoms with E-state index in [9.17, 15) is 9.59 Å². The number of esters is 2. The first-order valence-corrected chi connectivity index (χ1v) is 10.9. The van der Waals surface area contributed by atoms with E-state index in [4.69, 9.17) is 9.47 Å². The number of hydrogen-bond donors (Lipinski definition) is 0. The highest BCUT2D eigenvalue weighted by atomic mass is 16.6. The van der Waals surface area contributed by atoms with Crippen molar-refractivity contribution >= 4 is 11.9 Å². The van der Waals surface area contributed by atoms with Gasteiger partial charge in [0.25, 0.3) is 0 Å². The fraction of sp³-hybridized carbons (Fsp3) is 0.667. The monoisotopic (exact) mass is 386 g/mol. The number of hydrogen-bond acceptors (Lipinski definition) is 4. The molecule has 0 N–H and O–H groups in total. The first-order valence-electron chi connectivity index (χ1n) is 10.9. The Hall–Kier alpha value is -1.84. The highest BCUT2D eigenvalue weighted by Crippen LogP contribution is 2.33. The van der Waals surface area contributed by atoms with Crippen LogP contribution in [0.1, 0.15) is 86.9 Å². The van der Waals surface area contributed by atoms with Gasteiger partial charge >= 0.3 is 11.9 Å². The van der Waals surface area contributed by atoms with Crippen LogP contribution in [0.5, 0.6) is 0 Å². The molecule has 4 nitrogen and oxygen atoms in total. The predicted molar refractivity (Wildman–Crippen MR) is 109 cm³/mol. The molecule has 0 aliphatic heterocycles. The molecule has 4 heteroatoms. The first-order chi connectivity index (χ1) is 13.3. The number of carbonyl (C=O) groups excluding carboxylic acids is 2. The van der Waals surface area contributed by atoms with Gasteiger partial charge in [-0.1, -0.05) is 52.7 Å². The molecule has 154 valence electrons. The molecular weight excluding hydrogens is 352 g/mol. The molecular formula is C24H34O4. The van der Waals surface area contributed by atoms with E-state index in [2.05, 4.69) is 27.7 Å². The Balaban J connectivity index is 1.71. The molecule has 28 heavy (non-hydrogen) atoms. The van der Waals surface area contributed by atoms with Crippen molar-refractivity contribution in [2.45, 2.75) is 78.4 Å². The molecule has 3 rings (SSSR count). The largest absolute Gasteiger partial charge is 0.458 e. The topological polar surface area (TPSA) is 52.6 Å². The standard InChI is InChI=1S/C24H34O4/c1-15-9-11-17(3)21(13-15)27-23(25)19-7-5-6-8-20(19)24(26)28-22-14-16(2)10-12-18(22)4/h5-8,15-18,21-22H,9-14H2,1-4H3. The minimum Gasteiger partial charge on any atom is -0.458 e. The highest BCUT2D eigenvalue weighted by molar-refractivity contribution is 6.03. The van der Waals surface area contributed by atoms with E-state index in [0.29, 0.717) is 34.8 Å². The third-order valence-electron chi connectivity index (χ3n) is 6.65. The van der Waals surface area contributed by atoms with Crippen LogP contribution in [0.3, 0.4) is 0 Å². The number of ether oxygens (including phenoxy) is 2. The second kappa shape index (κ2) is 9.11. The highest BCUT2D eigenvalue weighted by Gasteiger charge is 2.32. The normalized spacial score (nSPS) is 33.1. The van der Waals surface area contributed by atoms with Gasteiger partial charge in [0.1, 0.15) is 12.2 Å². The van der Waals surface area contributed by atoms with E-state index in [1.165, 1.54) is 12.8 Å². The molecule has 1 aromatic rings. The van der Waals surface area contributed by atoms with Gasteiger partial charge in [-0.25, -0.2) is 9.59 Å². The lowest BCUT2D eigenvalue weighted by Crippen LogP contribution is -2.33. The molecule has 6 atom stereocenters. The second-order valence-corrected chi connectivity index (χ2v) is 9.22. The summed E-state index contributed by atoms with van der Waals surface area (Å²) < 4.78 is 11.7. The van der Waals surface area contributed by atoms with E-state index < -0.39 is 11.9 Å². The van der Waals surface area contributed by atoms with Crippen molar-refractivity contribution in [3.63, 3.8) is 0 Å². The van der Waals surface area contributed by atoms with Gasteiger partial charge in [0.05, 0.1) is 11.1 Å². The molecule has 2 saturated carbocycles. The zero-order chi connectivity index (χ0) is 20.3. The second-order valence-electron chi connectivity index (χ2n) is 9.22. The van der Waals surface area contributed by atoms with E-state index in [-0.39, 0.29) is 12.2 Å². The summed E-state index contributed by atoms with van der Waals surface area (Å²) in [6.07, 6.45) is 6.10. The van der Waals surface area contributed by atoms with E-state index in [1.807, 2.05) is 0 Å². The molecule has 2 fully saturated rings. The molecule has 0 amide bonds. The van der Waals surface area contributed by atoms with Crippen LogP contribution in [0.4, 0.5) is 0 Å². The fourth-order valence-corrected chi connectivity index (χ4v) is 4.53. The van der Waals surface area contributed by atoms with Gasteiger partial charge < -0.3 is 9.47 Å². The summed E-state index contributed by atoms with van der Waals surface area (Å²) in [4.78, 5) is 25.7. The SMILES string of the molecule is CC1CCC(C)C(OC(=O)c2ccccc2C(=O)OC2CC(C)CCC2C)C1. The Morgan fingerprint density at radius 1 is 0.714 bits per heavy atom. The van der Waals surface area contributed by atoms with Crippen LogP contribution < -0.4 is 0 Å². The maximum Gasteiger partial charge on any atom is 0.339 e. The summed E-state index contributed by atoms with van der Waals surface area (Å²) in [6, 6.07) is 6.88. The van der Waals surface area contributed by atoms with Crippen molar-refractivity contribution < 1.29 is 19.1 Å². The van der Waals surface area contributed by atoms with Crippen LogP contribution in [0.15, 0.2) is 24.3 Å².